The Labute approximate surface area is 188 Å². The Morgan fingerprint density at radius 1 is 0.812 bits per heavy atom. The van der Waals surface area contributed by atoms with Crippen LogP contribution in [-0.2, 0) is 26.6 Å². The minimum absolute atomic E-state index is 0.00273. The Morgan fingerprint density at radius 2 is 1.44 bits per heavy atom. The highest BCUT2D eigenvalue weighted by molar-refractivity contribution is 7.91. The van der Waals surface area contributed by atoms with Crippen molar-refractivity contribution in [3.05, 3.63) is 96.2 Å². The van der Waals surface area contributed by atoms with Gasteiger partial charge in [0.15, 0.2) is 0 Å². The molecule has 0 bridgehead atoms. The second kappa shape index (κ2) is 8.54. The van der Waals surface area contributed by atoms with Gasteiger partial charge >= 0.3 is 0 Å². The normalized spacial score (nSPS) is 12.5. The van der Waals surface area contributed by atoms with Gasteiger partial charge in [-0.05, 0) is 35.2 Å². The minimum Gasteiger partial charge on any atom is -0.240 e. The van der Waals surface area contributed by atoms with Crippen LogP contribution in [0, 0.1) is 0 Å². The van der Waals surface area contributed by atoms with E-state index in [9.17, 15) is 16.8 Å². The molecule has 0 saturated heterocycles. The second-order valence-electron chi connectivity index (χ2n) is 7.81. The molecule has 0 spiro atoms. The predicted molar refractivity (Wildman–Crippen MR) is 126 cm³/mol. The molecule has 32 heavy (non-hydrogen) atoms. The number of nitrogens with zero attached hydrogens (tertiary/aromatic N) is 1. The van der Waals surface area contributed by atoms with Gasteiger partial charge in [-0.15, -0.1) is 0 Å². The first-order valence-corrected chi connectivity index (χ1v) is 13.1. The zero-order valence-corrected chi connectivity index (χ0v) is 19.4. The summed E-state index contributed by atoms with van der Waals surface area (Å²) in [4.78, 5) is 0.0419. The summed E-state index contributed by atoms with van der Waals surface area (Å²) in [6, 6.07) is 22.4. The van der Waals surface area contributed by atoms with Gasteiger partial charge in [-0.1, -0.05) is 74.5 Å². The van der Waals surface area contributed by atoms with Crippen molar-refractivity contribution in [3.8, 4) is 0 Å². The number of benzene rings is 3. The smallest absolute Gasteiger partial charge is 0.240 e. The van der Waals surface area contributed by atoms with E-state index in [1.807, 2.05) is 50.2 Å². The van der Waals surface area contributed by atoms with Crippen LogP contribution in [0.25, 0.3) is 10.9 Å². The van der Waals surface area contributed by atoms with Crippen molar-refractivity contribution in [2.24, 2.45) is 0 Å². The highest BCUT2D eigenvalue weighted by Gasteiger charge is 2.28. The molecule has 0 radical (unpaired) electrons. The van der Waals surface area contributed by atoms with Crippen LogP contribution in [0.15, 0.2) is 94.9 Å². The molecule has 0 amide bonds. The summed E-state index contributed by atoms with van der Waals surface area (Å²) in [7, 11) is -7.99. The molecule has 0 saturated carbocycles. The largest absolute Gasteiger partial charge is 0.268 e. The zero-order chi connectivity index (χ0) is 22.9. The summed E-state index contributed by atoms with van der Waals surface area (Å²) in [6.45, 7) is 4.00. The quantitative estimate of drug-likeness (QED) is 0.433. The van der Waals surface area contributed by atoms with E-state index in [1.165, 1.54) is 18.3 Å². The van der Waals surface area contributed by atoms with Gasteiger partial charge in [-0.25, -0.2) is 25.5 Å². The second-order valence-corrected chi connectivity index (χ2v) is 11.4. The average Bonchev–Trinajstić information content (AvgIpc) is 3.20. The molecule has 4 aromatic rings. The first-order chi connectivity index (χ1) is 15.2. The molecule has 0 aliphatic heterocycles. The van der Waals surface area contributed by atoms with Gasteiger partial charge in [0.1, 0.15) is 4.90 Å². The highest BCUT2D eigenvalue weighted by atomic mass is 32.2. The van der Waals surface area contributed by atoms with E-state index in [1.54, 1.807) is 30.3 Å². The molecule has 6 nitrogen and oxygen atoms in total. The van der Waals surface area contributed by atoms with Gasteiger partial charge < -0.3 is 0 Å². The molecule has 166 valence electrons. The van der Waals surface area contributed by atoms with Crippen LogP contribution in [-0.4, -0.2) is 20.8 Å². The van der Waals surface area contributed by atoms with Crippen molar-refractivity contribution < 1.29 is 16.8 Å². The molecule has 4 rings (SSSR count). The molecule has 0 aliphatic rings. The summed E-state index contributed by atoms with van der Waals surface area (Å²) in [5.41, 5.74) is 1.91. The highest BCUT2D eigenvalue weighted by Crippen LogP contribution is 2.34. The van der Waals surface area contributed by atoms with Crippen molar-refractivity contribution in [2.75, 3.05) is 0 Å². The lowest BCUT2D eigenvalue weighted by Gasteiger charge is -2.11. The molecule has 0 fully saturated rings. The van der Waals surface area contributed by atoms with E-state index in [4.69, 9.17) is 0 Å². The Balaban J connectivity index is 1.91. The Morgan fingerprint density at radius 3 is 2.06 bits per heavy atom. The van der Waals surface area contributed by atoms with Crippen LogP contribution in [0.2, 0.25) is 0 Å². The number of hydrogen-bond acceptors (Lipinski definition) is 4. The maximum absolute atomic E-state index is 13.4. The molecule has 1 aromatic heterocycles. The maximum Gasteiger partial charge on any atom is 0.268 e. The zero-order valence-electron chi connectivity index (χ0n) is 17.8. The molecular weight excluding hydrogens is 444 g/mol. The summed E-state index contributed by atoms with van der Waals surface area (Å²) in [5.74, 6) is -0.00273. The summed E-state index contributed by atoms with van der Waals surface area (Å²) in [6.07, 6.45) is 1.21. The lowest BCUT2D eigenvalue weighted by molar-refractivity contribution is 0.581. The van der Waals surface area contributed by atoms with E-state index in [-0.39, 0.29) is 22.3 Å². The van der Waals surface area contributed by atoms with Gasteiger partial charge in [0, 0.05) is 18.1 Å². The maximum atomic E-state index is 13.4. The minimum atomic E-state index is -4.00. The topological polar surface area (TPSA) is 85.2 Å². The summed E-state index contributed by atoms with van der Waals surface area (Å²) < 4.78 is 57.2. The molecule has 0 atom stereocenters. The monoisotopic (exact) mass is 468 g/mol. The molecule has 1 N–H and O–H groups in total. The van der Waals surface area contributed by atoms with Crippen LogP contribution in [0.3, 0.4) is 0 Å². The standard InChI is InChI=1S/C24H24N2O4S2/c1-18(2)21-14-9-15-22-24(21)23(31(27,28)25-16-19-10-5-3-6-11-19)17-26(22)32(29,30)20-12-7-4-8-13-20/h3-15,17-18,25H,16H2,1-2H3. The van der Waals surface area contributed by atoms with E-state index in [0.717, 1.165) is 15.1 Å². The number of nitrogens with one attached hydrogen (secondary N) is 1. The molecule has 8 heteroatoms. The fourth-order valence-corrected chi connectivity index (χ4v) is 6.39. The van der Waals surface area contributed by atoms with E-state index < -0.39 is 20.0 Å². The number of fused-ring (bicyclic) bond motifs is 1. The van der Waals surface area contributed by atoms with Crippen molar-refractivity contribution in [2.45, 2.75) is 36.1 Å². The third-order valence-electron chi connectivity index (χ3n) is 5.31. The molecule has 0 unspecified atom stereocenters. The predicted octanol–water partition coefficient (Wildman–Crippen LogP) is 4.48. The first-order valence-electron chi connectivity index (χ1n) is 10.2. The van der Waals surface area contributed by atoms with E-state index in [2.05, 4.69) is 4.72 Å². The van der Waals surface area contributed by atoms with Crippen molar-refractivity contribution >= 4 is 30.9 Å². The van der Waals surface area contributed by atoms with Crippen molar-refractivity contribution in [3.63, 3.8) is 0 Å². The van der Waals surface area contributed by atoms with Crippen LogP contribution >= 0.6 is 0 Å². The third-order valence-corrected chi connectivity index (χ3v) is 8.41. The Kier molecular flexibility index (Phi) is 5.94. The Bertz CT molecular complexity index is 1460. The van der Waals surface area contributed by atoms with Crippen LogP contribution in [0.1, 0.15) is 30.9 Å². The number of hydrogen-bond donors (Lipinski definition) is 1. The number of rotatable bonds is 7. The molecule has 0 aliphatic carbocycles. The molecule has 1 heterocycles. The third kappa shape index (κ3) is 4.09. The average molecular weight is 469 g/mol. The Hall–Kier alpha value is -2.94. The lowest BCUT2D eigenvalue weighted by Crippen LogP contribution is -2.23. The lowest BCUT2D eigenvalue weighted by atomic mass is 9.99. The summed E-state index contributed by atoms with van der Waals surface area (Å²) in [5, 5.41) is 0.419. The molecule has 3 aromatic carbocycles. The van der Waals surface area contributed by atoms with Crippen molar-refractivity contribution in [1.29, 1.82) is 0 Å². The van der Waals surface area contributed by atoms with Gasteiger partial charge in [0.05, 0.1) is 10.4 Å². The number of sulfonamides is 1. The van der Waals surface area contributed by atoms with Crippen LogP contribution < -0.4 is 4.72 Å². The fourth-order valence-electron chi connectivity index (χ4n) is 3.69. The summed E-state index contributed by atoms with van der Waals surface area (Å²) >= 11 is 0. The van der Waals surface area contributed by atoms with E-state index >= 15 is 0 Å². The van der Waals surface area contributed by atoms with Crippen molar-refractivity contribution in [1.82, 2.24) is 8.69 Å². The van der Waals surface area contributed by atoms with Gasteiger partial charge in [0.25, 0.3) is 10.0 Å². The van der Waals surface area contributed by atoms with Crippen LogP contribution in [0.5, 0.6) is 0 Å². The van der Waals surface area contributed by atoms with Crippen LogP contribution in [0.4, 0.5) is 0 Å². The van der Waals surface area contributed by atoms with Gasteiger partial charge in [-0.3, -0.25) is 0 Å². The first kappa shape index (κ1) is 22.3. The fraction of sp³-hybridized carbons (Fsp3) is 0.167. The molecular formula is C24H24N2O4S2. The SMILES string of the molecule is CC(C)c1cccc2c1c(S(=O)(=O)NCc1ccccc1)cn2S(=O)(=O)c1ccccc1. The van der Waals surface area contributed by atoms with Gasteiger partial charge in [-0.2, -0.15) is 0 Å². The van der Waals surface area contributed by atoms with Gasteiger partial charge in [0.2, 0.25) is 10.0 Å². The van der Waals surface area contributed by atoms with E-state index in [0.29, 0.717) is 10.9 Å². The number of aromatic nitrogens is 1.